The molecule has 1 saturated carbocycles. The van der Waals surface area contributed by atoms with Gasteiger partial charge in [0.15, 0.2) is 0 Å². The molecule has 0 spiro atoms. The molecule has 0 radical (unpaired) electrons. The molecule has 4 nitrogen and oxygen atoms in total. The molecule has 0 aromatic carbocycles. The van der Waals surface area contributed by atoms with Crippen molar-refractivity contribution in [2.45, 2.75) is 44.6 Å². The minimum atomic E-state index is -0.530. The van der Waals surface area contributed by atoms with Crippen LogP contribution in [0.3, 0.4) is 0 Å². The third-order valence-electron chi connectivity index (χ3n) is 2.88. The van der Waals surface area contributed by atoms with Crippen molar-refractivity contribution in [1.82, 2.24) is 9.36 Å². The number of hydrogen-bond donors (Lipinski definition) is 2. The summed E-state index contributed by atoms with van der Waals surface area (Å²) >= 11 is 1.35. The standard InChI is InChI=1S/C10H17N3OS/c1-8-12-9(15-13-8)11-7-10(14)5-3-2-4-6-10/h14H,2-7H2,1H3,(H,11,12,13). The highest BCUT2D eigenvalue weighted by Crippen LogP contribution is 2.28. The van der Waals surface area contributed by atoms with Crippen LogP contribution in [0.25, 0.3) is 0 Å². The van der Waals surface area contributed by atoms with Gasteiger partial charge in [-0.05, 0) is 19.8 Å². The van der Waals surface area contributed by atoms with Crippen LogP contribution in [-0.2, 0) is 0 Å². The summed E-state index contributed by atoms with van der Waals surface area (Å²) in [6, 6.07) is 0. The molecule has 0 bridgehead atoms. The first-order valence-electron chi connectivity index (χ1n) is 5.45. The second-order valence-corrected chi connectivity index (χ2v) is 5.04. The van der Waals surface area contributed by atoms with Gasteiger partial charge in [0.1, 0.15) is 5.82 Å². The van der Waals surface area contributed by atoms with E-state index in [1.807, 2.05) is 6.92 Å². The van der Waals surface area contributed by atoms with Crippen LogP contribution in [0.2, 0.25) is 0 Å². The van der Waals surface area contributed by atoms with Crippen molar-refractivity contribution >= 4 is 16.7 Å². The Morgan fingerprint density at radius 2 is 2.13 bits per heavy atom. The molecule has 84 valence electrons. The van der Waals surface area contributed by atoms with E-state index >= 15 is 0 Å². The minimum Gasteiger partial charge on any atom is -0.388 e. The van der Waals surface area contributed by atoms with E-state index < -0.39 is 5.60 Å². The second-order valence-electron chi connectivity index (χ2n) is 4.29. The first kappa shape index (κ1) is 10.8. The van der Waals surface area contributed by atoms with E-state index in [0.717, 1.165) is 36.6 Å². The van der Waals surface area contributed by atoms with Gasteiger partial charge in [0, 0.05) is 18.1 Å². The van der Waals surface area contributed by atoms with Gasteiger partial charge in [-0.15, -0.1) is 0 Å². The Bertz CT molecular complexity index is 320. The van der Waals surface area contributed by atoms with E-state index in [9.17, 15) is 5.11 Å². The smallest absolute Gasteiger partial charge is 0.202 e. The van der Waals surface area contributed by atoms with Crippen molar-refractivity contribution in [2.75, 3.05) is 11.9 Å². The van der Waals surface area contributed by atoms with Gasteiger partial charge < -0.3 is 10.4 Å². The zero-order valence-corrected chi connectivity index (χ0v) is 9.81. The fourth-order valence-electron chi connectivity index (χ4n) is 2.00. The number of anilines is 1. The predicted octanol–water partition coefficient (Wildman–Crippen LogP) is 1.95. The normalized spacial score (nSPS) is 20.1. The average molecular weight is 227 g/mol. The van der Waals surface area contributed by atoms with E-state index in [2.05, 4.69) is 14.7 Å². The second kappa shape index (κ2) is 4.45. The topological polar surface area (TPSA) is 58.0 Å². The summed E-state index contributed by atoms with van der Waals surface area (Å²) in [4.78, 5) is 4.21. The van der Waals surface area contributed by atoms with Crippen LogP contribution in [-0.4, -0.2) is 26.6 Å². The number of hydrogen-bond acceptors (Lipinski definition) is 5. The maximum Gasteiger partial charge on any atom is 0.202 e. The van der Waals surface area contributed by atoms with E-state index in [1.165, 1.54) is 18.0 Å². The van der Waals surface area contributed by atoms with Crippen LogP contribution < -0.4 is 5.32 Å². The quantitative estimate of drug-likeness (QED) is 0.828. The molecule has 1 aromatic heterocycles. The Kier molecular flexibility index (Phi) is 3.21. The Balaban J connectivity index is 1.86. The molecule has 2 rings (SSSR count). The van der Waals surface area contributed by atoms with Gasteiger partial charge in [-0.25, -0.2) is 4.98 Å². The van der Waals surface area contributed by atoms with Crippen molar-refractivity contribution in [2.24, 2.45) is 0 Å². The molecule has 1 fully saturated rings. The average Bonchev–Trinajstić information content (AvgIpc) is 2.63. The molecular formula is C10H17N3OS. The third-order valence-corrected chi connectivity index (χ3v) is 3.64. The van der Waals surface area contributed by atoms with Gasteiger partial charge in [-0.2, -0.15) is 4.37 Å². The van der Waals surface area contributed by atoms with Gasteiger partial charge in [0.25, 0.3) is 0 Å². The zero-order chi connectivity index (χ0) is 10.7. The van der Waals surface area contributed by atoms with Gasteiger partial charge in [-0.3, -0.25) is 0 Å². The zero-order valence-electron chi connectivity index (χ0n) is 8.99. The Morgan fingerprint density at radius 1 is 1.40 bits per heavy atom. The van der Waals surface area contributed by atoms with E-state index in [0.29, 0.717) is 6.54 Å². The van der Waals surface area contributed by atoms with Crippen LogP contribution >= 0.6 is 11.5 Å². The molecule has 0 unspecified atom stereocenters. The molecule has 1 aliphatic rings. The minimum absolute atomic E-state index is 0.530. The van der Waals surface area contributed by atoms with Gasteiger partial charge in [0.2, 0.25) is 5.13 Å². The predicted molar refractivity (Wildman–Crippen MR) is 61.2 cm³/mol. The SMILES string of the molecule is Cc1nsc(NCC2(O)CCCCC2)n1. The van der Waals surface area contributed by atoms with Crippen molar-refractivity contribution < 1.29 is 5.11 Å². The summed E-state index contributed by atoms with van der Waals surface area (Å²) < 4.78 is 4.09. The molecule has 1 aromatic rings. The molecule has 1 heterocycles. The van der Waals surface area contributed by atoms with Crippen molar-refractivity contribution in [1.29, 1.82) is 0 Å². The van der Waals surface area contributed by atoms with Crippen LogP contribution in [0.15, 0.2) is 0 Å². The fourth-order valence-corrected chi connectivity index (χ4v) is 2.56. The fraction of sp³-hybridized carbons (Fsp3) is 0.800. The summed E-state index contributed by atoms with van der Waals surface area (Å²) in [7, 11) is 0. The number of aliphatic hydroxyl groups is 1. The molecule has 0 aliphatic heterocycles. The summed E-state index contributed by atoms with van der Waals surface area (Å²) in [6.45, 7) is 2.47. The molecule has 15 heavy (non-hydrogen) atoms. The Labute approximate surface area is 93.9 Å². The van der Waals surface area contributed by atoms with E-state index in [1.54, 1.807) is 0 Å². The highest BCUT2D eigenvalue weighted by Gasteiger charge is 2.28. The molecule has 2 N–H and O–H groups in total. The number of rotatable bonds is 3. The van der Waals surface area contributed by atoms with E-state index in [-0.39, 0.29) is 0 Å². The van der Waals surface area contributed by atoms with Crippen LogP contribution in [0.1, 0.15) is 37.9 Å². The molecule has 0 amide bonds. The summed E-state index contributed by atoms with van der Waals surface area (Å²) in [5.41, 5.74) is -0.530. The first-order chi connectivity index (χ1) is 7.18. The number of nitrogens with zero attached hydrogens (tertiary/aromatic N) is 2. The summed E-state index contributed by atoms with van der Waals surface area (Å²) in [6.07, 6.45) is 5.32. The molecular weight excluding hydrogens is 210 g/mol. The molecule has 0 atom stereocenters. The van der Waals surface area contributed by atoms with Gasteiger partial charge in [-0.1, -0.05) is 19.3 Å². The third kappa shape index (κ3) is 2.89. The molecule has 1 aliphatic carbocycles. The Morgan fingerprint density at radius 3 is 2.73 bits per heavy atom. The monoisotopic (exact) mass is 227 g/mol. The number of aryl methyl sites for hydroxylation is 1. The lowest BCUT2D eigenvalue weighted by atomic mass is 9.85. The Hall–Kier alpha value is -0.680. The lowest BCUT2D eigenvalue weighted by Gasteiger charge is -2.31. The van der Waals surface area contributed by atoms with E-state index in [4.69, 9.17) is 0 Å². The van der Waals surface area contributed by atoms with Gasteiger partial charge in [0.05, 0.1) is 5.60 Å². The van der Waals surface area contributed by atoms with Gasteiger partial charge >= 0.3 is 0 Å². The summed E-state index contributed by atoms with van der Waals surface area (Å²) in [5.74, 6) is 0.790. The summed E-state index contributed by atoms with van der Waals surface area (Å²) in [5, 5.41) is 14.2. The highest BCUT2D eigenvalue weighted by atomic mass is 32.1. The largest absolute Gasteiger partial charge is 0.388 e. The molecule has 0 saturated heterocycles. The molecule has 5 heteroatoms. The van der Waals surface area contributed by atoms with Crippen molar-refractivity contribution in [3.05, 3.63) is 5.82 Å². The lowest BCUT2D eigenvalue weighted by molar-refractivity contribution is 0.0167. The van der Waals surface area contributed by atoms with Crippen molar-refractivity contribution in [3.8, 4) is 0 Å². The number of nitrogens with one attached hydrogen (secondary N) is 1. The van der Waals surface area contributed by atoms with Crippen LogP contribution in [0.5, 0.6) is 0 Å². The number of aromatic nitrogens is 2. The lowest BCUT2D eigenvalue weighted by Crippen LogP contribution is -2.38. The highest BCUT2D eigenvalue weighted by molar-refractivity contribution is 7.09. The maximum atomic E-state index is 10.2. The maximum absolute atomic E-state index is 10.2. The first-order valence-corrected chi connectivity index (χ1v) is 6.22. The van der Waals surface area contributed by atoms with Crippen LogP contribution in [0, 0.1) is 6.92 Å². The van der Waals surface area contributed by atoms with Crippen molar-refractivity contribution in [3.63, 3.8) is 0 Å². The van der Waals surface area contributed by atoms with Crippen LogP contribution in [0.4, 0.5) is 5.13 Å².